The van der Waals surface area contributed by atoms with Gasteiger partial charge in [-0.15, -0.1) is 11.6 Å². The molecule has 2 rings (SSSR count). The number of rotatable bonds is 2. The molecule has 0 spiro atoms. The molecule has 0 fully saturated rings. The topological polar surface area (TPSA) is 55.0 Å². The van der Waals surface area contributed by atoms with Crippen LogP contribution in [0, 0.1) is 0 Å². The number of ether oxygens (including phenoxy) is 1. The minimum Gasteiger partial charge on any atom is -0.464 e. The number of H-pyrrole nitrogens is 1. The van der Waals surface area contributed by atoms with Gasteiger partial charge < -0.3 is 4.74 Å². The average molecular weight is 225 g/mol. The van der Waals surface area contributed by atoms with Crippen molar-refractivity contribution >= 4 is 28.5 Å². The van der Waals surface area contributed by atoms with E-state index in [-0.39, 0.29) is 0 Å². The minimum absolute atomic E-state index is 0.291. The van der Waals surface area contributed by atoms with Gasteiger partial charge >= 0.3 is 5.97 Å². The van der Waals surface area contributed by atoms with Crippen LogP contribution >= 0.6 is 11.6 Å². The molecule has 0 aliphatic heterocycles. The standard InChI is InChI=1S/C10H9ClN2O2/c1-15-10(14)9-7-4-6(5-11)2-3-8(7)12-13-9/h2-4H,5H2,1H3,(H,12,13). The molecule has 1 N–H and O–H groups in total. The number of aromatic nitrogens is 2. The smallest absolute Gasteiger partial charge is 0.359 e. The number of halogens is 1. The quantitative estimate of drug-likeness (QED) is 0.628. The normalized spacial score (nSPS) is 10.5. The molecule has 0 bridgehead atoms. The molecule has 78 valence electrons. The molecule has 0 saturated carbocycles. The molecule has 0 atom stereocenters. The van der Waals surface area contributed by atoms with Gasteiger partial charge in [0.25, 0.3) is 0 Å². The summed E-state index contributed by atoms with van der Waals surface area (Å²) in [7, 11) is 1.33. The fourth-order valence-corrected chi connectivity index (χ4v) is 1.56. The van der Waals surface area contributed by atoms with E-state index in [0.717, 1.165) is 16.5 Å². The number of alkyl halides is 1. The SMILES string of the molecule is COC(=O)c1n[nH]c2ccc(CCl)cc12. The number of carbonyl (C=O) groups excluding carboxylic acids is 1. The zero-order chi connectivity index (χ0) is 10.8. The van der Waals surface area contributed by atoms with Gasteiger partial charge in [0.2, 0.25) is 0 Å². The van der Waals surface area contributed by atoms with Crippen molar-refractivity contribution in [2.75, 3.05) is 7.11 Å². The molecule has 4 nitrogen and oxygen atoms in total. The van der Waals surface area contributed by atoms with E-state index in [1.807, 2.05) is 18.2 Å². The van der Waals surface area contributed by atoms with Gasteiger partial charge in [0.15, 0.2) is 5.69 Å². The molecule has 1 aromatic heterocycles. The lowest BCUT2D eigenvalue weighted by Crippen LogP contribution is -2.01. The molecule has 0 saturated heterocycles. The Balaban J connectivity index is 2.61. The Morgan fingerprint density at radius 3 is 3.07 bits per heavy atom. The lowest BCUT2D eigenvalue weighted by atomic mass is 10.1. The van der Waals surface area contributed by atoms with Crippen LogP contribution in [-0.4, -0.2) is 23.3 Å². The zero-order valence-corrected chi connectivity index (χ0v) is 8.84. The number of nitrogens with zero attached hydrogens (tertiary/aromatic N) is 1. The Labute approximate surface area is 91.2 Å². The van der Waals surface area contributed by atoms with Crippen molar-refractivity contribution in [1.29, 1.82) is 0 Å². The van der Waals surface area contributed by atoms with Crippen LogP contribution in [0.3, 0.4) is 0 Å². The van der Waals surface area contributed by atoms with Crippen molar-refractivity contribution in [2.24, 2.45) is 0 Å². The summed E-state index contributed by atoms with van der Waals surface area (Å²) in [5, 5.41) is 7.40. The van der Waals surface area contributed by atoms with Crippen LogP contribution in [0.15, 0.2) is 18.2 Å². The molecule has 0 unspecified atom stereocenters. The number of esters is 1. The van der Waals surface area contributed by atoms with Gasteiger partial charge in [0, 0.05) is 11.3 Å². The number of aromatic amines is 1. The van der Waals surface area contributed by atoms with E-state index in [4.69, 9.17) is 11.6 Å². The number of nitrogens with one attached hydrogen (secondary N) is 1. The summed E-state index contributed by atoms with van der Waals surface area (Å²) in [6.45, 7) is 0. The van der Waals surface area contributed by atoms with Gasteiger partial charge in [-0.3, -0.25) is 5.10 Å². The number of fused-ring (bicyclic) bond motifs is 1. The second-order valence-electron chi connectivity index (χ2n) is 3.08. The van der Waals surface area contributed by atoms with E-state index in [1.165, 1.54) is 7.11 Å². The summed E-state index contributed by atoms with van der Waals surface area (Å²) in [5.74, 6) is -0.0465. The van der Waals surface area contributed by atoms with Crippen molar-refractivity contribution in [3.8, 4) is 0 Å². The fraction of sp³-hybridized carbons (Fsp3) is 0.200. The first-order valence-electron chi connectivity index (χ1n) is 4.37. The van der Waals surface area contributed by atoms with E-state index >= 15 is 0 Å². The Morgan fingerprint density at radius 2 is 2.40 bits per heavy atom. The third-order valence-corrected chi connectivity index (χ3v) is 2.47. The molecule has 2 aromatic rings. The Bertz CT molecular complexity index is 507. The maximum atomic E-state index is 11.4. The predicted molar refractivity (Wildman–Crippen MR) is 57.0 cm³/mol. The predicted octanol–water partition coefficient (Wildman–Crippen LogP) is 2.09. The molecule has 0 radical (unpaired) electrons. The Hall–Kier alpha value is -1.55. The van der Waals surface area contributed by atoms with Crippen LogP contribution < -0.4 is 0 Å². The first kappa shape index (κ1) is 9.98. The second kappa shape index (κ2) is 3.90. The Kier molecular flexibility index (Phi) is 2.60. The number of carbonyl (C=O) groups is 1. The number of methoxy groups -OCH3 is 1. The highest BCUT2D eigenvalue weighted by molar-refractivity contribution is 6.17. The zero-order valence-electron chi connectivity index (χ0n) is 8.08. The van der Waals surface area contributed by atoms with Crippen LogP contribution in [0.5, 0.6) is 0 Å². The minimum atomic E-state index is -0.451. The molecular formula is C10H9ClN2O2. The first-order valence-corrected chi connectivity index (χ1v) is 4.91. The summed E-state index contributed by atoms with van der Waals surface area (Å²) in [6.07, 6.45) is 0. The Morgan fingerprint density at radius 1 is 1.60 bits per heavy atom. The van der Waals surface area contributed by atoms with Crippen LogP contribution in [0.4, 0.5) is 0 Å². The molecule has 1 aromatic carbocycles. The van der Waals surface area contributed by atoms with E-state index in [2.05, 4.69) is 14.9 Å². The molecule has 15 heavy (non-hydrogen) atoms. The average Bonchev–Trinajstić information content (AvgIpc) is 2.70. The maximum absolute atomic E-state index is 11.4. The summed E-state index contributed by atoms with van der Waals surface area (Å²) >= 11 is 5.71. The largest absolute Gasteiger partial charge is 0.464 e. The highest BCUT2D eigenvalue weighted by Gasteiger charge is 2.14. The van der Waals surface area contributed by atoms with Crippen LogP contribution in [0.1, 0.15) is 16.1 Å². The highest BCUT2D eigenvalue weighted by atomic mass is 35.5. The van der Waals surface area contributed by atoms with E-state index in [9.17, 15) is 4.79 Å². The van der Waals surface area contributed by atoms with Gasteiger partial charge in [0.1, 0.15) is 0 Å². The van der Waals surface area contributed by atoms with Crippen LogP contribution in [0.2, 0.25) is 0 Å². The lowest BCUT2D eigenvalue weighted by molar-refractivity contribution is 0.0596. The number of benzene rings is 1. The summed E-state index contributed by atoms with van der Waals surface area (Å²) in [4.78, 5) is 11.4. The third-order valence-electron chi connectivity index (χ3n) is 2.16. The van der Waals surface area contributed by atoms with Crippen LogP contribution in [0.25, 0.3) is 10.9 Å². The van der Waals surface area contributed by atoms with Crippen molar-refractivity contribution < 1.29 is 9.53 Å². The van der Waals surface area contributed by atoms with Crippen molar-refractivity contribution in [2.45, 2.75) is 5.88 Å². The third kappa shape index (κ3) is 1.68. The monoisotopic (exact) mass is 224 g/mol. The molecule has 0 aliphatic carbocycles. The fourth-order valence-electron chi connectivity index (χ4n) is 1.40. The molecule has 0 amide bonds. The molecular weight excluding hydrogens is 216 g/mol. The van der Waals surface area contributed by atoms with E-state index < -0.39 is 5.97 Å². The summed E-state index contributed by atoms with van der Waals surface area (Å²) < 4.78 is 4.62. The first-order chi connectivity index (χ1) is 7.26. The molecule has 1 heterocycles. The van der Waals surface area contributed by atoms with Gasteiger partial charge in [-0.05, 0) is 17.7 Å². The second-order valence-corrected chi connectivity index (χ2v) is 3.34. The number of hydrogen-bond acceptors (Lipinski definition) is 3. The van der Waals surface area contributed by atoms with Crippen LogP contribution in [-0.2, 0) is 10.6 Å². The van der Waals surface area contributed by atoms with E-state index in [1.54, 1.807) is 0 Å². The maximum Gasteiger partial charge on any atom is 0.359 e. The van der Waals surface area contributed by atoms with Gasteiger partial charge in [-0.1, -0.05) is 6.07 Å². The van der Waals surface area contributed by atoms with E-state index in [0.29, 0.717) is 11.6 Å². The van der Waals surface area contributed by atoms with Crippen molar-refractivity contribution in [1.82, 2.24) is 10.2 Å². The number of hydrogen-bond donors (Lipinski definition) is 1. The van der Waals surface area contributed by atoms with Crippen molar-refractivity contribution in [3.63, 3.8) is 0 Å². The van der Waals surface area contributed by atoms with Gasteiger partial charge in [-0.25, -0.2) is 4.79 Å². The highest BCUT2D eigenvalue weighted by Crippen LogP contribution is 2.19. The summed E-state index contributed by atoms with van der Waals surface area (Å²) in [5.41, 5.74) is 2.03. The van der Waals surface area contributed by atoms with Gasteiger partial charge in [-0.2, -0.15) is 5.10 Å². The molecule has 5 heteroatoms. The lowest BCUT2D eigenvalue weighted by Gasteiger charge is -1.97. The molecule has 0 aliphatic rings. The van der Waals surface area contributed by atoms with Gasteiger partial charge in [0.05, 0.1) is 12.6 Å². The summed E-state index contributed by atoms with van der Waals surface area (Å²) in [6, 6.07) is 5.55. The van der Waals surface area contributed by atoms with Crippen molar-refractivity contribution in [3.05, 3.63) is 29.5 Å².